The number of rotatable bonds is 4. The SMILES string of the molecule is O=C(NCCO)c1ccccc1OC#C[C@@]12C#CC[C@H]1[C@@H]1CCC3(Br)CCCC[C@@H]3[C@H]1CC2. The number of aliphatic hydroxyl groups excluding tert-OH is 1. The highest BCUT2D eigenvalue weighted by atomic mass is 79.9. The minimum Gasteiger partial charge on any atom is -0.407 e. The topological polar surface area (TPSA) is 58.6 Å². The maximum absolute atomic E-state index is 12.4. The molecule has 0 heterocycles. The lowest BCUT2D eigenvalue weighted by molar-refractivity contribution is -0.0136. The number of aliphatic hydroxyl groups is 1. The number of benzene rings is 1. The standard InChI is InChI=1S/C28H32BrNO3/c29-28-13-4-3-7-24(28)21-10-14-27(12-5-8-23(27)20(21)11-15-28)16-19-33-25-9-2-1-6-22(25)26(32)30-17-18-31/h1-2,6,9,20-21,23-24,31H,3-4,7-8,10-11,13-15,17-18H2,(H,30,32)/t20-,21+,23+,24-,27+,28?/m1/s1. The summed E-state index contributed by atoms with van der Waals surface area (Å²) in [5, 5.41) is 11.7. The minimum absolute atomic E-state index is 0.101. The van der Waals surface area contributed by atoms with E-state index in [0.29, 0.717) is 27.5 Å². The number of alkyl halides is 1. The van der Waals surface area contributed by atoms with Crippen LogP contribution in [0.2, 0.25) is 0 Å². The van der Waals surface area contributed by atoms with Crippen LogP contribution in [0.4, 0.5) is 0 Å². The monoisotopic (exact) mass is 509 g/mol. The van der Waals surface area contributed by atoms with Crippen LogP contribution in [0.5, 0.6) is 5.75 Å². The van der Waals surface area contributed by atoms with Crippen molar-refractivity contribution in [2.75, 3.05) is 13.2 Å². The van der Waals surface area contributed by atoms with Crippen molar-refractivity contribution < 1.29 is 14.6 Å². The summed E-state index contributed by atoms with van der Waals surface area (Å²) in [5.41, 5.74) is 0.143. The van der Waals surface area contributed by atoms with Crippen LogP contribution in [-0.4, -0.2) is 28.5 Å². The lowest BCUT2D eigenvalue weighted by Gasteiger charge is -2.56. The summed E-state index contributed by atoms with van der Waals surface area (Å²) in [6.45, 7) is 0.106. The number of halogens is 1. The highest BCUT2D eigenvalue weighted by Crippen LogP contribution is 2.62. The maximum Gasteiger partial charge on any atom is 0.255 e. The van der Waals surface area contributed by atoms with Gasteiger partial charge in [0.25, 0.3) is 5.91 Å². The number of nitrogens with one attached hydrogen (secondary N) is 1. The molecule has 1 unspecified atom stereocenters. The molecule has 3 saturated carbocycles. The Balaban J connectivity index is 1.33. The molecule has 174 valence electrons. The summed E-state index contributed by atoms with van der Waals surface area (Å²) in [7, 11) is 0. The van der Waals surface area contributed by atoms with Crippen molar-refractivity contribution >= 4 is 21.8 Å². The zero-order valence-corrected chi connectivity index (χ0v) is 20.6. The van der Waals surface area contributed by atoms with E-state index in [1.54, 1.807) is 18.2 Å². The molecule has 0 bridgehead atoms. The first kappa shape index (κ1) is 22.8. The van der Waals surface area contributed by atoms with Crippen molar-refractivity contribution in [3.05, 3.63) is 29.8 Å². The minimum atomic E-state index is -0.282. The summed E-state index contributed by atoms with van der Waals surface area (Å²) >= 11 is 4.20. The molecule has 0 radical (unpaired) electrons. The van der Waals surface area contributed by atoms with Gasteiger partial charge in [0.05, 0.1) is 17.6 Å². The van der Waals surface area contributed by atoms with Crippen LogP contribution in [0, 0.1) is 53.0 Å². The van der Waals surface area contributed by atoms with Gasteiger partial charge in [-0.3, -0.25) is 4.79 Å². The number of hydrogen-bond donors (Lipinski definition) is 2. The van der Waals surface area contributed by atoms with E-state index in [9.17, 15) is 4.79 Å². The quantitative estimate of drug-likeness (QED) is 0.448. The molecule has 4 aliphatic rings. The van der Waals surface area contributed by atoms with E-state index in [0.717, 1.165) is 24.7 Å². The van der Waals surface area contributed by atoms with Crippen molar-refractivity contribution in [2.45, 2.75) is 62.1 Å². The Morgan fingerprint density at radius 3 is 2.85 bits per heavy atom. The predicted octanol–water partition coefficient (Wildman–Crippen LogP) is 4.90. The fraction of sp³-hybridized carbons (Fsp3) is 0.607. The second-order valence-corrected chi connectivity index (χ2v) is 11.8. The molecule has 1 amide bonds. The number of amides is 1. The molecule has 5 heteroatoms. The third-order valence-electron chi connectivity index (χ3n) is 8.60. The van der Waals surface area contributed by atoms with E-state index in [2.05, 4.69) is 45.1 Å². The molecule has 4 aliphatic carbocycles. The lowest BCUT2D eigenvalue weighted by Crippen LogP contribution is -2.52. The van der Waals surface area contributed by atoms with Crippen LogP contribution in [0.3, 0.4) is 0 Å². The molecule has 2 N–H and O–H groups in total. The second-order valence-electron chi connectivity index (χ2n) is 10.2. The third kappa shape index (κ3) is 4.20. The molecule has 4 nitrogen and oxygen atoms in total. The van der Waals surface area contributed by atoms with Crippen molar-refractivity contribution in [1.29, 1.82) is 0 Å². The fourth-order valence-electron chi connectivity index (χ4n) is 7.08. The molecular weight excluding hydrogens is 478 g/mol. The average molecular weight is 510 g/mol. The highest BCUT2D eigenvalue weighted by molar-refractivity contribution is 9.10. The summed E-state index contributed by atoms with van der Waals surface area (Å²) in [4.78, 5) is 12.4. The Hall–Kier alpha value is -1.95. The molecule has 0 spiro atoms. The average Bonchev–Trinajstić information content (AvgIpc) is 3.26. The highest BCUT2D eigenvalue weighted by Gasteiger charge is 2.57. The normalized spacial score (nSPS) is 36.1. The van der Waals surface area contributed by atoms with Gasteiger partial charge >= 0.3 is 0 Å². The van der Waals surface area contributed by atoms with Crippen LogP contribution < -0.4 is 10.1 Å². The van der Waals surface area contributed by atoms with E-state index in [1.165, 1.54) is 44.9 Å². The Morgan fingerprint density at radius 1 is 1.15 bits per heavy atom. The summed E-state index contributed by atoms with van der Waals surface area (Å²) < 4.78 is 6.18. The van der Waals surface area contributed by atoms with Gasteiger partial charge in [0.15, 0.2) is 5.75 Å². The number of fused-ring (bicyclic) bond motifs is 5. The van der Waals surface area contributed by atoms with Gasteiger partial charge in [0, 0.05) is 23.2 Å². The van der Waals surface area contributed by atoms with E-state index in [4.69, 9.17) is 9.84 Å². The number of carbonyl (C=O) groups is 1. The van der Waals surface area contributed by atoms with Gasteiger partial charge in [0.1, 0.15) is 6.11 Å². The van der Waals surface area contributed by atoms with Crippen molar-refractivity contribution in [3.63, 3.8) is 0 Å². The number of hydrogen-bond acceptors (Lipinski definition) is 3. The number of carbonyl (C=O) groups excluding carboxylic acids is 1. The van der Waals surface area contributed by atoms with Crippen molar-refractivity contribution in [1.82, 2.24) is 5.32 Å². The fourth-order valence-corrected chi connectivity index (χ4v) is 8.16. The third-order valence-corrected chi connectivity index (χ3v) is 9.98. The second kappa shape index (κ2) is 9.36. The molecule has 1 aromatic carbocycles. The molecule has 33 heavy (non-hydrogen) atoms. The van der Waals surface area contributed by atoms with Gasteiger partial charge in [-0.05, 0) is 74.3 Å². The molecule has 5 rings (SSSR count). The zero-order valence-electron chi connectivity index (χ0n) is 19.0. The van der Waals surface area contributed by atoms with Crippen LogP contribution in [0.25, 0.3) is 0 Å². The van der Waals surface area contributed by atoms with Crippen LogP contribution in [-0.2, 0) is 0 Å². The first-order valence-electron chi connectivity index (χ1n) is 12.4. The molecule has 1 aromatic rings. The van der Waals surface area contributed by atoms with Gasteiger partial charge in [-0.25, -0.2) is 0 Å². The Labute approximate surface area is 205 Å². The molecule has 0 aliphatic heterocycles. The van der Waals surface area contributed by atoms with E-state index in [1.807, 2.05) is 6.07 Å². The Bertz CT molecular complexity index is 1030. The molecular formula is C28H32BrNO3. The first-order valence-corrected chi connectivity index (χ1v) is 13.2. The zero-order chi connectivity index (χ0) is 22.9. The number of ether oxygens (including phenoxy) is 1. The van der Waals surface area contributed by atoms with E-state index < -0.39 is 0 Å². The van der Waals surface area contributed by atoms with Crippen molar-refractivity contribution in [3.8, 4) is 29.6 Å². The van der Waals surface area contributed by atoms with E-state index >= 15 is 0 Å². The maximum atomic E-state index is 12.4. The summed E-state index contributed by atoms with van der Waals surface area (Å²) in [5.74, 6) is 13.3. The lowest BCUT2D eigenvalue weighted by atomic mass is 9.50. The summed E-state index contributed by atoms with van der Waals surface area (Å²) in [6, 6.07) is 7.10. The first-order chi connectivity index (χ1) is 16.1. The van der Waals surface area contributed by atoms with Gasteiger partial charge in [0.2, 0.25) is 0 Å². The van der Waals surface area contributed by atoms with Crippen LogP contribution in [0.1, 0.15) is 68.1 Å². The largest absolute Gasteiger partial charge is 0.407 e. The molecule has 6 atom stereocenters. The van der Waals surface area contributed by atoms with Crippen molar-refractivity contribution in [2.24, 2.45) is 29.1 Å². The predicted molar refractivity (Wildman–Crippen MR) is 132 cm³/mol. The van der Waals surface area contributed by atoms with Gasteiger partial charge < -0.3 is 15.2 Å². The van der Waals surface area contributed by atoms with Crippen LogP contribution >= 0.6 is 15.9 Å². The van der Waals surface area contributed by atoms with Gasteiger partial charge in [-0.1, -0.05) is 46.8 Å². The Kier molecular flexibility index (Phi) is 6.47. The van der Waals surface area contributed by atoms with Gasteiger partial charge in [-0.15, -0.1) is 5.92 Å². The Morgan fingerprint density at radius 2 is 1.97 bits per heavy atom. The summed E-state index contributed by atoms with van der Waals surface area (Å²) in [6.07, 6.45) is 14.0. The molecule has 0 aromatic heterocycles. The number of para-hydroxylation sites is 1. The van der Waals surface area contributed by atoms with E-state index in [-0.39, 0.29) is 24.5 Å². The molecule has 0 saturated heterocycles. The van der Waals surface area contributed by atoms with Crippen LogP contribution in [0.15, 0.2) is 24.3 Å². The van der Waals surface area contributed by atoms with Gasteiger partial charge in [-0.2, -0.15) is 0 Å². The molecule has 3 fully saturated rings. The smallest absolute Gasteiger partial charge is 0.255 e.